The molecule has 0 atom stereocenters. The van der Waals surface area contributed by atoms with Gasteiger partial charge in [0.25, 0.3) is 0 Å². The van der Waals surface area contributed by atoms with Gasteiger partial charge in [-0.15, -0.1) is 0 Å². The summed E-state index contributed by atoms with van der Waals surface area (Å²) in [5.74, 6) is -3.83. The Morgan fingerprint density at radius 1 is 1.06 bits per heavy atom. The minimum Gasteiger partial charge on any atom is -0.492 e. The summed E-state index contributed by atoms with van der Waals surface area (Å²) >= 11 is 0. The van der Waals surface area contributed by atoms with Crippen LogP contribution in [-0.4, -0.2) is 13.7 Å². The molecule has 6 heteroatoms. The lowest BCUT2D eigenvalue weighted by Gasteiger charge is -2.12. The van der Waals surface area contributed by atoms with E-state index in [1.54, 1.807) is 19.1 Å². The van der Waals surface area contributed by atoms with Crippen molar-refractivity contribution in [2.24, 2.45) is 0 Å². The van der Waals surface area contributed by atoms with Crippen LogP contribution in [0.1, 0.15) is 18.1 Å². The van der Waals surface area contributed by atoms with E-state index in [0.717, 1.165) is 7.11 Å². The third-order valence-corrected chi connectivity index (χ3v) is 2.01. The molecule has 0 aliphatic heterocycles. The fourth-order valence-electron chi connectivity index (χ4n) is 1.33. The zero-order valence-electron chi connectivity index (χ0n) is 9.17. The highest BCUT2D eigenvalue weighted by atomic mass is 19.2. The van der Waals surface area contributed by atoms with Crippen molar-refractivity contribution in [1.29, 1.82) is 10.5 Å². The Bertz CT molecular complexity index is 530. The molecule has 0 aliphatic rings. The second-order valence-corrected chi connectivity index (χ2v) is 2.90. The summed E-state index contributed by atoms with van der Waals surface area (Å²) in [6, 6.07) is 3.21. The molecule has 0 aliphatic carbocycles. The summed E-state index contributed by atoms with van der Waals surface area (Å²) in [6.07, 6.45) is 0. The second-order valence-electron chi connectivity index (χ2n) is 2.90. The van der Waals surface area contributed by atoms with E-state index in [1.165, 1.54) is 0 Å². The SMILES string of the molecule is CCOc1c(F)c(F)c(OC)c(C#N)c1C#N. The van der Waals surface area contributed by atoms with Gasteiger partial charge in [0.2, 0.25) is 11.6 Å². The molecule has 0 aromatic heterocycles. The van der Waals surface area contributed by atoms with Crippen molar-refractivity contribution in [3.63, 3.8) is 0 Å². The summed E-state index contributed by atoms with van der Waals surface area (Å²) in [4.78, 5) is 0. The van der Waals surface area contributed by atoms with Crippen molar-refractivity contribution in [2.75, 3.05) is 13.7 Å². The largest absolute Gasteiger partial charge is 0.492 e. The van der Waals surface area contributed by atoms with E-state index in [9.17, 15) is 8.78 Å². The molecule has 1 aromatic carbocycles. The number of hydrogen-bond acceptors (Lipinski definition) is 4. The zero-order valence-corrected chi connectivity index (χ0v) is 9.17. The molecule has 0 radical (unpaired) electrons. The minimum atomic E-state index is -1.34. The van der Waals surface area contributed by atoms with Crippen LogP contribution < -0.4 is 9.47 Å². The Kier molecular flexibility index (Phi) is 3.84. The first kappa shape index (κ1) is 12.7. The summed E-state index contributed by atoms with van der Waals surface area (Å²) in [6.45, 7) is 1.59. The van der Waals surface area contributed by atoms with Crippen molar-refractivity contribution < 1.29 is 18.3 Å². The molecule has 88 valence electrons. The Labute approximate surface area is 96.6 Å². The van der Waals surface area contributed by atoms with Crippen molar-refractivity contribution in [1.82, 2.24) is 0 Å². The Morgan fingerprint density at radius 3 is 1.94 bits per heavy atom. The number of hydrogen-bond donors (Lipinski definition) is 0. The molecule has 0 spiro atoms. The highest BCUT2D eigenvalue weighted by molar-refractivity contribution is 5.61. The van der Waals surface area contributed by atoms with E-state index in [2.05, 4.69) is 4.74 Å². The van der Waals surface area contributed by atoms with E-state index >= 15 is 0 Å². The van der Waals surface area contributed by atoms with Crippen LogP contribution in [0, 0.1) is 34.3 Å². The summed E-state index contributed by atoms with van der Waals surface area (Å²) in [7, 11) is 1.08. The topological polar surface area (TPSA) is 66.0 Å². The molecule has 0 saturated heterocycles. The maximum absolute atomic E-state index is 13.6. The van der Waals surface area contributed by atoms with Gasteiger partial charge in [-0.25, -0.2) is 0 Å². The van der Waals surface area contributed by atoms with E-state index in [1.807, 2.05) is 0 Å². The monoisotopic (exact) mass is 238 g/mol. The third kappa shape index (κ3) is 1.98. The van der Waals surface area contributed by atoms with Gasteiger partial charge < -0.3 is 9.47 Å². The molecule has 4 nitrogen and oxygen atoms in total. The number of nitriles is 2. The van der Waals surface area contributed by atoms with Gasteiger partial charge in [0.15, 0.2) is 11.5 Å². The van der Waals surface area contributed by atoms with E-state index < -0.39 is 23.1 Å². The molecule has 17 heavy (non-hydrogen) atoms. The van der Waals surface area contributed by atoms with Crippen LogP contribution in [0.3, 0.4) is 0 Å². The maximum atomic E-state index is 13.6. The van der Waals surface area contributed by atoms with E-state index in [-0.39, 0.29) is 17.7 Å². The molecule has 0 N–H and O–H groups in total. The predicted octanol–water partition coefficient (Wildman–Crippen LogP) is 2.12. The highest BCUT2D eigenvalue weighted by Gasteiger charge is 2.26. The van der Waals surface area contributed by atoms with Crippen molar-refractivity contribution in [3.8, 4) is 23.6 Å². The molecule has 0 amide bonds. The van der Waals surface area contributed by atoms with Crippen LogP contribution >= 0.6 is 0 Å². The standard InChI is InChI=1S/C11H8F2N2O2/c1-3-17-11-7(5-15)6(4-14)10(16-2)8(12)9(11)13/h3H2,1-2H3. The molecule has 1 rings (SSSR count). The van der Waals surface area contributed by atoms with Gasteiger partial charge in [-0.1, -0.05) is 0 Å². The van der Waals surface area contributed by atoms with Crippen LogP contribution in [0.2, 0.25) is 0 Å². The first-order valence-electron chi connectivity index (χ1n) is 4.64. The maximum Gasteiger partial charge on any atom is 0.205 e. The fraction of sp³-hybridized carbons (Fsp3) is 0.273. The molecule has 1 aromatic rings. The second kappa shape index (κ2) is 5.13. The molecule has 0 heterocycles. The lowest BCUT2D eigenvalue weighted by Crippen LogP contribution is -2.05. The van der Waals surface area contributed by atoms with Gasteiger partial charge in [-0.05, 0) is 6.92 Å². The Morgan fingerprint density at radius 2 is 1.53 bits per heavy atom. The van der Waals surface area contributed by atoms with Gasteiger partial charge in [0, 0.05) is 0 Å². The number of halogens is 2. The first-order chi connectivity index (χ1) is 8.12. The number of nitrogens with zero attached hydrogens (tertiary/aromatic N) is 2. The molecule has 0 fully saturated rings. The van der Waals surface area contributed by atoms with Crippen molar-refractivity contribution in [2.45, 2.75) is 6.92 Å². The average molecular weight is 238 g/mol. The smallest absolute Gasteiger partial charge is 0.205 e. The van der Waals surface area contributed by atoms with Crippen LogP contribution in [0.5, 0.6) is 11.5 Å². The number of methoxy groups -OCH3 is 1. The fourth-order valence-corrected chi connectivity index (χ4v) is 1.33. The van der Waals surface area contributed by atoms with Gasteiger partial charge >= 0.3 is 0 Å². The van der Waals surface area contributed by atoms with Gasteiger partial charge in [-0.3, -0.25) is 0 Å². The molecule has 0 saturated carbocycles. The van der Waals surface area contributed by atoms with E-state index in [0.29, 0.717) is 0 Å². The molecule has 0 unspecified atom stereocenters. The summed E-state index contributed by atoms with van der Waals surface area (Å²) < 4.78 is 36.5. The van der Waals surface area contributed by atoms with Gasteiger partial charge in [0.05, 0.1) is 13.7 Å². The lowest BCUT2D eigenvalue weighted by atomic mass is 10.1. The van der Waals surface area contributed by atoms with E-state index in [4.69, 9.17) is 15.3 Å². The Balaban J connectivity index is 3.71. The Hall–Kier alpha value is -2.34. The van der Waals surface area contributed by atoms with Gasteiger partial charge in [0.1, 0.15) is 23.3 Å². The molecule has 0 bridgehead atoms. The lowest BCUT2D eigenvalue weighted by molar-refractivity contribution is 0.304. The number of ether oxygens (including phenoxy) is 2. The minimum absolute atomic E-state index is 0.0439. The zero-order chi connectivity index (χ0) is 13.0. The summed E-state index contributed by atoms with van der Waals surface area (Å²) in [5.41, 5.74) is -0.748. The van der Waals surface area contributed by atoms with Crippen molar-refractivity contribution >= 4 is 0 Å². The van der Waals surface area contributed by atoms with Crippen LogP contribution in [0.15, 0.2) is 0 Å². The predicted molar refractivity (Wildman–Crippen MR) is 53.5 cm³/mol. The van der Waals surface area contributed by atoms with Gasteiger partial charge in [-0.2, -0.15) is 19.3 Å². The molecular weight excluding hydrogens is 230 g/mol. The quantitative estimate of drug-likeness (QED) is 0.808. The average Bonchev–Trinajstić information content (AvgIpc) is 2.34. The number of rotatable bonds is 3. The highest BCUT2D eigenvalue weighted by Crippen LogP contribution is 2.35. The first-order valence-corrected chi connectivity index (χ1v) is 4.64. The normalized spacial score (nSPS) is 9.29. The van der Waals surface area contributed by atoms with Crippen molar-refractivity contribution in [3.05, 3.63) is 22.8 Å². The molecular formula is C11H8F2N2O2. The van der Waals surface area contributed by atoms with Crippen LogP contribution in [0.25, 0.3) is 0 Å². The van der Waals surface area contributed by atoms with Crippen LogP contribution in [-0.2, 0) is 0 Å². The third-order valence-electron chi connectivity index (χ3n) is 2.01. The summed E-state index contributed by atoms with van der Waals surface area (Å²) in [5, 5.41) is 17.7. The number of benzene rings is 1. The van der Waals surface area contributed by atoms with Crippen LogP contribution in [0.4, 0.5) is 8.78 Å².